The molecule has 0 atom stereocenters. The molecular weight excluding hydrogens is 286 g/mol. The summed E-state index contributed by atoms with van der Waals surface area (Å²) in [6.45, 7) is 2.06. The second kappa shape index (κ2) is 5.20. The van der Waals surface area contributed by atoms with Crippen LogP contribution in [0.25, 0.3) is 22.4 Å². The van der Waals surface area contributed by atoms with Gasteiger partial charge in [-0.15, -0.1) is 0 Å². The highest BCUT2D eigenvalue weighted by molar-refractivity contribution is 5.87. The smallest absolute Gasteiger partial charge is 0.158 e. The van der Waals surface area contributed by atoms with Gasteiger partial charge in [-0.2, -0.15) is 0 Å². The van der Waals surface area contributed by atoms with E-state index in [9.17, 15) is 4.79 Å². The summed E-state index contributed by atoms with van der Waals surface area (Å²) < 4.78 is 5.67. The first kappa shape index (κ1) is 13.9. The van der Waals surface area contributed by atoms with Gasteiger partial charge < -0.3 is 9.32 Å². The third kappa shape index (κ3) is 2.29. The van der Waals surface area contributed by atoms with E-state index in [1.54, 1.807) is 0 Å². The van der Waals surface area contributed by atoms with Gasteiger partial charge in [0.25, 0.3) is 0 Å². The molecular formula is C20H17NO2. The number of nitrogens with zero attached hydrogens (tertiary/aromatic N) is 1. The van der Waals surface area contributed by atoms with E-state index in [0.717, 1.165) is 41.5 Å². The molecule has 114 valence electrons. The SMILES string of the molecule is Cc1ccc(-c2noc(C3(C=O)CC3)c2-c2ccccc2)cc1. The molecule has 0 unspecified atom stereocenters. The van der Waals surface area contributed by atoms with Crippen LogP contribution in [0.4, 0.5) is 0 Å². The Balaban J connectivity index is 1.94. The average Bonchev–Trinajstić information content (AvgIpc) is 3.27. The van der Waals surface area contributed by atoms with Crippen LogP contribution in [0, 0.1) is 6.92 Å². The van der Waals surface area contributed by atoms with E-state index < -0.39 is 5.41 Å². The van der Waals surface area contributed by atoms with Crippen LogP contribution in [-0.2, 0) is 10.2 Å². The largest absolute Gasteiger partial charge is 0.359 e. The molecule has 1 fully saturated rings. The number of benzene rings is 2. The van der Waals surface area contributed by atoms with Crippen molar-refractivity contribution in [1.29, 1.82) is 0 Å². The first-order valence-electron chi connectivity index (χ1n) is 7.82. The topological polar surface area (TPSA) is 43.1 Å². The van der Waals surface area contributed by atoms with Crippen LogP contribution >= 0.6 is 0 Å². The number of hydrogen-bond donors (Lipinski definition) is 0. The fourth-order valence-electron chi connectivity index (χ4n) is 2.94. The maximum Gasteiger partial charge on any atom is 0.158 e. The fraction of sp³-hybridized carbons (Fsp3) is 0.200. The Morgan fingerprint density at radius 2 is 1.70 bits per heavy atom. The summed E-state index contributed by atoms with van der Waals surface area (Å²) in [7, 11) is 0. The number of hydrogen-bond acceptors (Lipinski definition) is 3. The van der Waals surface area contributed by atoms with Crippen LogP contribution < -0.4 is 0 Å². The molecule has 0 bridgehead atoms. The van der Waals surface area contributed by atoms with Crippen molar-refractivity contribution in [3.8, 4) is 22.4 Å². The van der Waals surface area contributed by atoms with Gasteiger partial charge in [-0.25, -0.2) is 0 Å². The number of aromatic nitrogens is 1. The predicted molar refractivity (Wildman–Crippen MR) is 89.1 cm³/mol. The summed E-state index contributed by atoms with van der Waals surface area (Å²) in [5.74, 6) is 0.703. The van der Waals surface area contributed by atoms with Gasteiger partial charge in [-0.1, -0.05) is 65.3 Å². The number of carbonyl (C=O) groups excluding carboxylic acids is 1. The van der Waals surface area contributed by atoms with Crippen molar-refractivity contribution >= 4 is 6.29 Å². The maximum atomic E-state index is 11.6. The maximum absolute atomic E-state index is 11.6. The Hall–Kier alpha value is -2.68. The summed E-state index contributed by atoms with van der Waals surface area (Å²) in [4.78, 5) is 11.6. The normalized spacial score (nSPS) is 15.3. The van der Waals surface area contributed by atoms with E-state index in [0.29, 0.717) is 5.76 Å². The van der Waals surface area contributed by atoms with Gasteiger partial charge in [0.1, 0.15) is 12.0 Å². The molecule has 2 aromatic carbocycles. The molecule has 1 heterocycles. The highest BCUT2D eigenvalue weighted by Crippen LogP contribution is 2.51. The van der Waals surface area contributed by atoms with E-state index in [2.05, 4.69) is 24.2 Å². The molecule has 0 spiro atoms. The van der Waals surface area contributed by atoms with Gasteiger partial charge in [0.15, 0.2) is 5.76 Å². The quantitative estimate of drug-likeness (QED) is 0.664. The molecule has 3 heteroatoms. The molecule has 23 heavy (non-hydrogen) atoms. The summed E-state index contributed by atoms with van der Waals surface area (Å²) in [6, 6.07) is 18.2. The van der Waals surface area contributed by atoms with Crippen molar-refractivity contribution < 1.29 is 9.32 Å². The van der Waals surface area contributed by atoms with Gasteiger partial charge in [-0.05, 0) is 25.3 Å². The zero-order valence-electron chi connectivity index (χ0n) is 13.0. The Kier molecular flexibility index (Phi) is 3.15. The molecule has 1 aliphatic rings. The number of aryl methyl sites for hydroxylation is 1. The van der Waals surface area contributed by atoms with E-state index in [-0.39, 0.29) is 0 Å². The van der Waals surface area contributed by atoms with Gasteiger partial charge >= 0.3 is 0 Å². The fourth-order valence-corrected chi connectivity index (χ4v) is 2.94. The van der Waals surface area contributed by atoms with Gasteiger partial charge in [0, 0.05) is 5.56 Å². The van der Waals surface area contributed by atoms with E-state index in [1.807, 2.05) is 42.5 Å². The molecule has 0 N–H and O–H groups in total. The van der Waals surface area contributed by atoms with Crippen LogP contribution in [0.3, 0.4) is 0 Å². The summed E-state index contributed by atoms with van der Waals surface area (Å²) in [5, 5.41) is 4.31. The van der Waals surface area contributed by atoms with E-state index in [4.69, 9.17) is 4.52 Å². The molecule has 0 saturated heterocycles. The standard InChI is InChI=1S/C20H17NO2/c1-14-7-9-16(10-8-14)18-17(15-5-3-2-4-6-15)19(23-21-18)20(13-22)11-12-20/h2-10,13H,11-12H2,1H3. The van der Waals surface area contributed by atoms with Crippen LogP contribution in [0.1, 0.15) is 24.2 Å². The first-order chi connectivity index (χ1) is 11.2. The lowest BCUT2D eigenvalue weighted by Crippen LogP contribution is -2.07. The van der Waals surface area contributed by atoms with Gasteiger partial charge in [0.05, 0.1) is 11.0 Å². The van der Waals surface area contributed by atoms with Crippen LogP contribution in [0.5, 0.6) is 0 Å². The van der Waals surface area contributed by atoms with Crippen molar-refractivity contribution in [2.75, 3.05) is 0 Å². The van der Waals surface area contributed by atoms with Gasteiger partial charge in [-0.3, -0.25) is 0 Å². The highest BCUT2D eigenvalue weighted by atomic mass is 16.5. The second-order valence-electron chi connectivity index (χ2n) is 6.24. The first-order valence-corrected chi connectivity index (χ1v) is 7.82. The Labute approximate surface area is 134 Å². The van der Waals surface area contributed by atoms with Crippen molar-refractivity contribution in [2.45, 2.75) is 25.2 Å². The average molecular weight is 303 g/mol. The summed E-state index contributed by atoms with van der Waals surface area (Å²) >= 11 is 0. The van der Waals surface area contributed by atoms with Crippen molar-refractivity contribution in [3.05, 3.63) is 65.9 Å². The molecule has 3 nitrogen and oxygen atoms in total. The Morgan fingerprint density at radius 3 is 2.30 bits per heavy atom. The molecule has 0 aliphatic heterocycles. The number of aldehydes is 1. The minimum atomic E-state index is -0.485. The molecule has 0 amide bonds. The molecule has 1 saturated carbocycles. The Bertz CT molecular complexity index is 843. The highest BCUT2D eigenvalue weighted by Gasteiger charge is 2.50. The molecule has 0 radical (unpaired) electrons. The number of rotatable bonds is 4. The number of carbonyl (C=O) groups is 1. The second-order valence-corrected chi connectivity index (χ2v) is 6.24. The third-order valence-electron chi connectivity index (χ3n) is 4.55. The summed E-state index contributed by atoms with van der Waals surface area (Å²) in [6.07, 6.45) is 2.68. The lowest BCUT2D eigenvalue weighted by molar-refractivity contribution is -0.110. The lowest BCUT2D eigenvalue weighted by Gasteiger charge is -2.08. The predicted octanol–water partition coefficient (Wildman–Crippen LogP) is 4.55. The molecule has 3 aromatic rings. The van der Waals surface area contributed by atoms with E-state index >= 15 is 0 Å². The molecule has 1 aliphatic carbocycles. The lowest BCUT2D eigenvalue weighted by atomic mass is 9.92. The van der Waals surface area contributed by atoms with Crippen molar-refractivity contribution in [3.63, 3.8) is 0 Å². The van der Waals surface area contributed by atoms with Crippen molar-refractivity contribution in [1.82, 2.24) is 5.16 Å². The molecule has 1 aromatic heterocycles. The third-order valence-corrected chi connectivity index (χ3v) is 4.55. The van der Waals surface area contributed by atoms with Crippen LogP contribution in [0.2, 0.25) is 0 Å². The van der Waals surface area contributed by atoms with Crippen molar-refractivity contribution in [2.24, 2.45) is 0 Å². The van der Waals surface area contributed by atoms with Gasteiger partial charge in [0.2, 0.25) is 0 Å². The van der Waals surface area contributed by atoms with Crippen LogP contribution in [-0.4, -0.2) is 11.4 Å². The summed E-state index contributed by atoms with van der Waals surface area (Å²) in [5.41, 5.74) is 4.50. The molecule has 4 rings (SSSR count). The minimum Gasteiger partial charge on any atom is -0.359 e. The minimum absolute atomic E-state index is 0.485. The monoisotopic (exact) mass is 303 g/mol. The Morgan fingerprint density at radius 1 is 1.00 bits per heavy atom. The zero-order valence-corrected chi connectivity index (χ0v) is 13.0. The van der Waals surface area contributed by atoms with E-state index in [1.165, 1.54) is 5.56 Å². The van der Waals surface area contributed by atoms with Crippen LogP contribution in [0.15, 0.2) is 59.1 Å². The zero-order chi connectivity index (χ0) is 15.9.